The molecule has 1 N–H and O–H groups in total. The third-order valence-electron chi connectivity index (χ3n) is 4.85. The van der Waals surface area contributed by atoms with Crippen molar-refractivity contribution in [2.24, 2.45) is 0 Å². The Morgan fingerprint density at radius 3 is 2.82 bits per heavy atom. The van der Waals surface area contributed by atoms with Crippen molar-refractivity contribution < 1.29 is 0 Å². The minimum absolute atomic E-state index is 0.0883. The van der Waals surface area contributed by atoms with Crippen LogP contribution in [0.3, 0.4) is 0 Å². The standard InChI is InChI=1S/C20H19N5OS2/c1-2-25-17(13-8-9-13)23-24-20(25)27-11-16-21-18(26)14-10-15(28-19(14)22-16)12-6-4-3-5-7-12/h3-7,10,13H,2,8-9,11H2,1H3,(H,21,22,26). The fourth-order valence-corrected chi connectivity index (χ4v) is 5.21. The molecule has 3 aromatic heterocycles. The number of aromatic amines is 1. The van der Waals surface area contributed by atoms with E-state index in [2.05, 4.69) is 26.7 Å². The number of aromatic nitrogens is 5. The van der Waals surface area contributed by atoms with E-state index in [1.54, 1.807) is 23.1 Å². The Kier molecular flexibility index (Phi) is 4.52. The van der Waals surface area contributed by atoms with E-state index in [-0.39, 0.29) is 5.56 Å². The van der Waals surface area contributed by atoms with Crippen molar-refractivity contribution in [1.29, 1.82) is 0 Å². The van der Waals surface area contributed by atoms with Crippen LogP contribution in [-0.2, 0) is 12.3 Å². The molecule has 8 heteroatoms. The smallest absolute Gasteiger partial charge is 0.259 e. The van der Waals surface area contributed by atoms with Crippen molar-refractivity contribution in [3.63, 3.8) is 0 Å². The van der Waals surface area contributed by atoms with Crippen LogP contribution in [0, 0.1) is 0 Å². The van der Waals surface area contributed by atoms with Gasteiger partial charge >= 0.3 is 0 Å². The van der Waals surface area contributed by atoms with Gasteiger partial charge in [0, 0.05) is 17.3 Å². The van der Waals surface area contributed by atoms with E-state index in [4.69, 9.17) is 4.98 Å². The fraction of sp³-hybridized carbons (Fsp3) is 0.300. The molecule has 4 aromatic rings. The van der Waals surface area contributed by atoms with Gasteiger partial charge in [-0.1, -0.05) is 42.1 Å². The highest BCUT2D eigenvalue weighted by Crippen LogP contribution is 2.40. The maximum absolute atomic E-state index is 12.5. The second-order valence-corrected chi connectivity index (χ2v) is 8.83. The van der Waals surface area contributed by atoms with E-state index in [1.807, 2.05) is 36.4 Å². The molecule has 0 saturated heterocycles. The molecule has 6 nitrogen and oxygen atoms in total. The topological polar surface area (TPSA) is 76.5 Å². The lowest BCUT2D eigenvalue weighted by molar-refractivity contribution is 0.643. The quantitative estimate of drug-likeness (QED) is 0.477. The van der Waals surface area contributed by atoms with Gasteiger partial charge in [-0.15, -0.1) is 21.5 Å². The summed E-state index contributed by atoms with van der Waals surface area (Å²) in [5.74, 6) is 2.89. The maximum atomic E-state index is 12.5. The van der Waals surface area contributed by atoms with Crippen LogP contribution >= 0.6 is 23.1 Å². The third-order valence-corrected chi connectivity index (χ3v) is 6.91. The van der Waals surface area contributed by atoms with Crippen LogP contribution < -0.4 is 5.56 Å². The van der Waals surface area contributed by atoms with Gasteiger partial charge in [-0.3, -0.25) is 4.79 Å². The summed E-state index contributed by atoms with van der Waals surface area (Å²) in [6, 6.07) is 12.0. The highest BCUT2D eigenvalue weighted by molar-refractivity contribution is 7.98. The predicted octanol–water partition coefficient (Wildman–Crippen LogP) is 4.43. The van der Waals surface area contributed by atoms with Crippen LogP contribution in [0.25, 0.3) is 20.7 Å². The molecule has 1 saturated carbocycles. The number of H-pyrrole nitrogens is 1. The van der Waals surface area contributed by atoms with Crippen molar-refractivity contribution in [3.05, 3.63) is 58.4 Å². The summed E-state index contributed by atoms with van der Waals surface area (Å²) >= 11 is 3.12. The lowest BCUT2D eigenvalue weighted by atomic mass is 10.2. The van der Waals surface area contributed by atoms with Gasteiger partial charge in [0.05, 0.1) is 11.1 Å². The Balaban J connectivity index is 1.41. The lowest BCUT2D eigenvalue weighted by Gasteiger charge is -2.06. The Morgan fingerprint density at radius 2 is 2.07 bits per heavy atom. The Bertz CT molecular complexity index is 1190. The van der Waals surface area contributed by atoms with Crippen LogP contribution in [0.5, 0.6) is 0 Å². The SMILES string of the molecule is CCn1c(SCc2nc3sc(-c4ccccc4)cc3c(=O)[nH]2)nnc1C1CC1. The zero-order chi connectivity index (χ0) is 19.1. The number of nitrogens with zero attached hydrogens (tertiary/aromatic N) is 4. The van der Waals surface area contributed by atoms with E-state index < -0.39 is 0 Å². The van der Waals surface area contributed by atoms with E-state index >= 15 is 0 Å². The molecular weight excluding hydrogens is 390 g/mol. The predicted molar refractivity (Wildman–Crippen MR) is 113 cm³/mol. The molecule has 1 aromatic carbocycles. The first kappa shape index (κ1) is 17.6. The van der Waals surface area contributed by atoms with Crippen molar-refractivity contribution in [2.75, 3.05) is 0 Å². The molecule has 0 aliphatic heterocycles. The second-order valence-electron chi connectivity index (χ2n) is 6.86. The number of fused-ring (bicyclic) bond motifs is 1. The summed E-state index contributed by atoms with van der Waals surface area (Å²) in [7, 11) is 0. The average molecular weight is 410 g/mol. The van der Waals surface area contributed by atoms with E-state index in [0.717, 1.165) is 32.8 Å². The van der Waals surface area contributed by atoms with Crippen LogP contribution in [0.2, 0.25) is 0 Å². The van der Waals surface area contributed by atoms with E-state index in [0.29, 0.717) is 22.9 Å². The Morgan fingerprint density at radius 1 is 1.25 bits per heavy atom. The molecule has 3 heterocycles. The fourth-order valence-electron chi connectivity index (χ4n) is 3.27. The molecule has 28 heavy (non-hydrogen) atoms. The van der Waals surface area contributed by atoms with Crippen molar-refractivity contribution in [2.45, 2.75) is 43.1 Å². The molecular formula is C20H19N5OS2. The maximum Gasteiger partial charge on any atom is 0.259 e. The zero-order valence-corrected chi connectivity index (χ0v) is 17.0. The summed E-state index contributed by atoms with van der Waals surface area (Å²) < 4.78 is 2.18. The largest absolute Gasteiger partial charge is 0.309 e. The van der Waals surface area contributed by atoms with Gasteiger partial charge in [0.1, 0.15) is 16.5 Å². The minimum Gasteiger partial charge on any atom is -0.309 e. The molecule has 0 spiro atoms. The van der Waals surface area contributed by atoms with Crippen molar-refractivity contribution in [3.8, 4) is 10.4 Å². The molecule has 1 aliphatic carbocycles. The van der Waals surface area contributed by atoms with Gasteiger partial charge in [0.15, 0.2) is 5.16 Å². The number of hydrogen-bond donors (Lipinski definition) is 1. The van der Waals surface area contributed by atoms with Gasteiger partial charge in [0.25, 0.3) is 5.56 Å². The highest BCUT2D eigenvalue weighted by atomic mass is 32.2. The number of thiophene rings is 1. The lowest BCUT2D eigenvalue weighted by Crippen LogP contribution is -2.10. The third kappa shape index (κ3) is 3.27. The van der Waals surface area contributed by atoms with Crippen molar-refractivity contribution in [1.82, 2.24) is 24.7 Å². The molecule has 0 unspecified atom stereocenters. The van der Waals surface area contributed by atoms with Crippen LogP contribution in [-0.4, -0.2) is 24.7 Å². The number of rotatable bonds is 6. The van der Waals surface area contributed by atoms with Crippen LogP contribution in [0.15, 0.2) is 46.3 Å². The van der Waals surface area contributed by atoms with Crippen LogP contribution in [0.1, 0.15) is 37.3 Å². The average Bonchev–Trinajstić information content (AvgIpc) is 3.33. The number of hydrogen-bond acceptors (Lipinski definition) is 6. The molecule has 1 fully saturated rings. The Hall–Kier alpha value is -2.45. The van der Waals surface area contributed by atoms with Gasteiger partial charge in [-0.05, 0) is 31.4 Å². The molecule has 0 atom stereocenters. The highest BCUT2D eigenvalue weighted by Gasteiger charge is 2.30. The first-order chi connectivity index (χ1) is 13.7. The van der Waals surface area contributed by atoms with E-state index in [9.17, 15) is 4.79 Å². The normalized spacial score (nSPS) is 14.0. The van der Waals surface area contributed by atoms with Crippen LogP contribution in [0.4, 0.5) is 0 Å². The molecule has 5 rings (SSSR count). The number of benzene rings is 1. The van der Waals surface area contributed by atoms with Crippen molar-refractivity contribution >= 4 is 33.3 Å². The molecule has 0 amide bonds. The molecule has 1 aliphatic rings. The van der Waals surface area contributed by atoms with Gasteiger partial charge in [0.2, 0.25) is 0 Å². The van der Waals surface area contributed by atoms with E-state index in [1.165, 1.54) is 12.8 Å². The summed E-state index contributed by atoms with van der Waals surface area (Å²) in [5.41, 5.74) is 1.01. The second kappa shape index (κ2) is 7.18. The Labute approximate surface area is 170 Å². The summed E-state index contributed by atoms with van der Waals surface area (Å²) in [4.78, 5) is 22.0. The minimum atomic E-state index is -0.0883. The number of thioether (sulfide) groups is 1. The zero-order valence-electron chi connectivity index (χ0n) is 15.4. The molecule has 0 radical (unpaired) electrons. The van der Waals surface area contributed by atoms with Gasteiger partial charge in [-0.25, -0.2) is 4.98 Å². The summed E-state index contributed by atoms with van der Waals surface area (Å²) in [6.45, 7) is 2.97. The first-order valence-corrected chi connectivity index (χ1v) is 11.2. The number of nitrogens with one attached hydrogen (secondary N) is 1. The summed E-state index contributed by atoms with van der Waals surface area (Å²) in [6.07, 6.45) is 2.41. The molecule has 142 valence electrons. The van der Waals surface area contributed by atoms with Gasteiger partial charge in [-0.2, -0.15) is 0 Å². The molecule has 0 bridgehead atoms. The summed E-state index contributed by atoms with van der Waals surface area (Å²) in [5, 5.41) is 10.3. The monoisotopic (exact) mass is 409 g/mol. The first-order valence-electron chi connectivity index (χ1n) is 9.37. The van der Waals surface area contributed by atoms with Gasteiger partial charge < -0.3 is 9.55 Å².